The maximum atomic E-state index is 12.8. The molecule has 4 rings (SSSR count). The summed E-state index contributed by atoms with van der Waals surface area (Å²) in [5.41, 5.74) is 1.94. The Hall–Kier alpha value is -2.89. The number of pyridine rings is 1. The van der Waals surface area contributed by atoms with E-state index in [1.807, 2.05) is 42.5 Å². The number of rotatable bonds is 5. The number of hydrogen-bond acceptors (Lipinski definition) is 4. The molecule has 0 spiro atoms. The zero-order valence-electron chi connectivity index (χ0n) is 16.4. The lowest BCUT2D eigenvalue weighted by molar-refractivity contribution is 0.0717. The molecule has 1 aliphatic carbocycles. The van der Waals surface area contributed by atoms with E-state index in [2.05, 4.69) is 10.3 Å². The monoisotopic (exact) mass is 422 g/mol. The first kappa shape index (κ1) is 20.4. The topological polar surface area (TPSA) is 71.5 Å². The average Bonchev–Trinajstić information content (AvgIpc) is 2.77. The van der Waals surface area contributed by atoms with Crippen LogP contribution in [0.4, 0.5) is 0 Å². The van der Waals surface area contributed by atoms with E-state index in [0.29, 0.717) is 34.2 Å². The van der Waals surface area contributed by atoms with Crippen molar-refractivity contribution >= 4 is 17.5 Å². The number of halogens is 1. The Morgan fingerprint density at radius 2 is 1.80 bits per heavy atom. The Bertz CT molecular complexity index is 1010. The summed E-state index contributed by atoms with van der Waals surface area (Å²) in [6.45, 7) is 0. The summed E-state index contributed by atoms with van der Waals surface area (Å²) < 4.78 is 5.98. The van der Waals surface area contributed by atoms with Crippen molar-refractivity contribution < 1.29 is 14.6 Å². The Labute approximate surface area is 180 Å². The van der Waals surface area contributed by atoms with Crippen molar-refractivity contribution in [1.82, 2.24) is 10.3 Å². The van der Waals surface area contributed by atoms with Crippen molar-refractivity contribution in [3.8, 4) is 22.8 Å². The standard InChI is InChI=1S/C24H23ClN2O3/c25-18-12-10-16(11-13-18)20-14-17(23(29)27-21-8-4-5-9-22(21)28)15-26-24(20)30-19-6-2-1-3-7-19/h1-3,6-7,10-15,21-22,28H,4-5,8-9H2,(H,27,29). The summed E-state index contributed by atoms with van der Waals surface area (Å²) in [6.07, 6.45) is 4.47. The number of amides is 1. The van der Waals surface area contributed by atoms with Crippen LogP contribution >= 0.6 is 11.6 Å². The maximum Gasteiger partial charge on any atom is 0.253 e. The zero-order chi connectivity index (χ0) is 20.9. The lowest BCUT2D eigenvalue weighted by atomic mass is 9.92. The molecule has 2 atom stereocenters. The summed E-state index contributed by atoms with van der Waals surface area (Å²) in [5.74, 6) is 0.801. The Balaban J connectivity index is 1.64. The minimum atomic E-state index is -0.507. The predicted octanol–water partition coefficient (Wildman–Crippen LogP) is 5.23. The van der Waals surface area contributed by atoms with Gasteiger partial charge in [0.05, 0.1) is 17.7 Å². The zero-order valence-corrected chi connectivity index (χ0v) is 17.2. The Kier molecular flexibility index (Phi) is 6.31. The van der Waals surface area contributed by atoms with Crippen LogP contribution in [0.5, 0.6) is 11.6 Å². The smallest absolute Gasteiger partial charge is 0.253 e. The van der Waals surface area contributed by atoms with Crippen LogP contribution in [0.2, 0.25) is 5.02 Å². The molecule has 1 saturated carbocycles. The lowest BCUT2D eigenvalue weighted by Crippen LogP contribution is -2.45. The van der Waals surface area contributed by atoms with Crippen LogP contribution in [-0.2, 0) is 0 Å². The van der Waals surface area contributed by atoms with Gasteiger partial charge in [0.1, 0.15) is 5.75 Å². The molecule has 0 aliphatic heterocycles. The van der Waals surface area contributed by atoms with Crippen molar-refractivity contribution in [2.24, 2.45) is 0 Å². The highest BCUT2D eigenvalue weighted by Gasteiger charge is 2.25. The van der Waals surface area contributed by atoms with Gasteiger partial charge < -0.3 is 15.2 Å². The van der Waals surface area contributed by atoms with Gasteiger partial charge in [0.15, 0.2) is 0 Å². The van der Waals surface area contributed by atoms with Gasteiger partial charge in [-0.3, -0.25) is 4.79 Å². The van der Waals surface area contributed by atoms with E-state index in [4.69, 9.17) is 16.3 Å². The molecule has 3 aromatic rings. The van der Waals surface area contributed by atoms with Crippen LogP contribution < -0.4 is 10.1 Å². The van der Waals surface area contributed by atoms with E-state index >= 15 is 0 Å². The number of aliphatic hydroxyl groups is 1. The number of benzene rings is 2. The predicted molar refractivity (Wildman–Crippen MR) is 117 cm³/mol. The fraction of sp³-hybridized carbons (Fsp3) is 0.250. The summed E-state index contributed by atoms with van der Waals surface area (Å²) in [4.78, 5) is 17.3. The van der Waals surface area contributed by atoms with Crippen molar-refractivity contribution in [3.63, 3.8) is 0 Å². The van der Waals surface area contributed by atoms with E-state index in [1.165, 1.54) is 6.20 Å². The normalized spacial score (nSPS) is 18.6. The molecule has 1 aliphatic rings. The van der Waals surface area contributed by atoms with Gasteiger partial charge >= 0.3 is 0 Å². The third kappa shape index (κ3) is 4.81. The molecule has 1 fully saturated rings. The third-order valence-corrected chi connectivity index (χ3v) is 5.52. The summed E-state index contributed by atoms with van der Waals surface area (Å²) in [6, 6.07) is 18.2. The molecule has 2 unspecified atom stereocenters. The first-order valence-corrected chi connectivity index (χ1v) is 10.5. The molecule has 2 aromatic carbocycles. The highest BCUT2D eigenvalue weighted by atomic mass is 35.5. The number of aliphatic hydroxyl groups excluding tert-OH is 1. The molecule has 6 heteroatoms. The van der Waals surface area contributed by atoms with Crippen LogP contribution in [0.15, 0.2) is 66.9 Å². The second-order valence-corrected chi connectivity index (χ2v) is 7.87. The van der Waals surface area contributed by atoms with E-state index in [-0.39, 0.29) is 11.9 Å². The van der Waals surface area contributed by atoms with Gasteiger partial charge in [-0.15, -0.1) is 0 Å². The van der Waals surface area contributed by atoms with Crippen LogP contribution in [0.1, 0.15) is 36.0 Å². The molecule has 30 heavy (non-hydrogen) atoms. The second kappa shape index (κ2) is 9.28. The number of carbonyl (C=O) groups excluding carboxylic acids is 1. The van der Waals surface area contributed by atoms with Gasteiger partial charge in [-0.05, 0) is 48.7 Å². The minimum absolute atomic E-state index is 0.231. The van der Waals surface area contributed by atoms with E-state index < -0.39 is 6.10 Å². The summed E-state index contributed by atoms with van der Waals surface area (Å²) in [5, 5.41) is 13.7. The number of aromatic nitrogens is 1. The molecule has 0 radical (unpaired) electrons. The van der Waals surface area contributed by atoms with Gasteiger partial charge in [-0.1, -0.05) is 54.8 Å². The molecule has 0 bridgehead atoms. The Morgan fingerprint density at radius 3 is 2.53 bits per heavy atom. The highest BCUT2D eigenvalue weighted by molar-refractivity contribution is 6.30. The van der Waals surface area contributed by atoms with Crippen molar-refractivity contribution in [2.75, 3.05) is 0 Å². The number of para-hydroxylation sites is 1. The van der Waals surface area contributed by atoms with Gasteiger partial charge in [-0.25, -0.2) is 4.98 Å². The summed E-state index contributed by atoms with van der Waals surface area (Å²) in [7, 11) is 0. The molecule has 2 N–H and O–H groups in total. The van der Waals surface area contributed by atoms with Gasteiger partial charge in [0.2, 0.25) is 5.88 Å². The largest absolute Gasteiger partial charge is 0.438 e. The number of nitrogens with one attached hydrogen (secondary N) is 1. The van der Waals surface area contributed by atoms with E-state index in [1.54, 1.807) is 18.2 Å². The third-order valence-electron chi connectivity index (χ3n) is 5.27. The minimum Gasteiger partial charge on any atom is -0.438 e. The molecule has 154 valence electrons. The SMILES string of the molecule is O=C(NC1CCCCC1O)c1cnc(Oc2ccccc2)c(-c2ccc(Cl)cc2)c1. The van der Waals surface area contributed by atoms with Crippen molar-refractivity contribution in [1.29, 1.82) is 0 Å². The number of ether oxygens (including phenoxy) is 1. The van der Waals surface area contributed by atoms with Crippen LogP contribution in [-0.4, -0.2) is 28.1 Å². The van der Waals surface area contributed by atoms with Gasteiger partial charge in [-0.2, -0.15) is 0 Å². The molecular formula is C24H23ClN2O3. The van der Waals surface area contributed by atoms with E-state index in [0.717, 1.165) is 24.8 Å². The van der Waals surface area contributed by atoms with Gasteiger partial charge in [0, 0.05) is 16.8 Å². The molecule has 1 aromatic heterocycles. The van der Waals surface area contributed by atoms with E-state index in [9.17, 15) is 9.90 Å². The number of hydrogen-bond donors (Lipinski definition) is 2. The van der Waals surface area contributed by atoms with Crippen molar-refractivity contribution in [3.05, 3.63) is 77.4 Å². The molecule has 1 heterocycles. The van der Waals surface area contributed by atoms with Crippen LogP contribution in [0.25, 0.3) is 11.1 Å². The molecule has 1 amide bonds. The maximum absolute atomic E-state index is 12.8. The fourth-order valence-corrected chi connectivity index (χ4v) is 3.75. The van der Waals surface area contributed by atoms with Crippen molar-refractivity contribution in [2.45, 2.75) is 37.8 Å². The Morgan fingerprint density at radius 1 is 1.07 bits per heavy atom. The summed E-state index contributed by atoms with van der Waals surface area (Å²) >= 11 is 6.04. The van der Waals surface area contributed by atoms with Crippen LogP contribution in [0.3, 0.4) is 0 Å². The first-order valence-electron chi connectivity index (χ1n) is 10.1. The molecule has 5 nitrogen and oxygen atoms in total. The molecule has 0 saturated heterocycles. The number of carbonyl (C=O) groups is 1. The lowest BCUT2D eigenvalue weighted by Gasteiger charge is -2.28. The van der Waals surface area contributed by atoms with Crippen LogP contribution in [0, 0.1) is 0 Å². The van der Waals surface area contributed by atoms with Gasteiger partial charge in [0.25, 0.3) is 5.91 Å². The average molecular weight is 423 g/mol. The fourth-order valence-electron chi connectivity index (χ4n) is 3.63. The quantitative estimate of drug-likeness (QED) is 0.590. The first-order chi connectivity index (χ1) is 14.6. The highest BCUT2D eigenvalue weighted by Crippen LogP contribution is 2.33. The number of nitrogens with zero attached hydrogens (tertiary/aromatic N) is 1. The molecular weight excluding hydrogens is 400 g/mol. The second-order valence-electron chi connectivity index (χ2n) is 7.43.